The highest BCUT2D eigenvalue weighted by Gasteiger charge is 2.26. The van der Waals surface area contributed by atoms with Gasteiger partial charge in [-0.1, -0.05) is 57.5 Å². The molecule has 8 heteroatoms. The monoisotopic (exact) mass is 610 g/mol. The largest absolute Gasteiger partial charge is 0.508 e. The van der Waals surface area contributed by atoms with Gasteiger partial charge >= 0.3 is 0 Å². The normalized spacial score (nSPS) is 14.6. The van der Waals surface area contributed by atoms with Gasteiger partial charge in [0.05, 0.1) is 11.1 Å². The van der Waals surface area contributed by atoms with E-state index < -0.39 is 0 Å². The van der Waals surface area contributed by atoms with Gasteiger partial charge in [-0.15, -0.1) is 0 Å². The molecule has 0 aliphatic carbocycles. The summed E-state index contributed by atoms with van der Waals surface area (Å²) in [5.41, 5.74) is 4.21. The second-order valence-electron chi connectivity index (χ2n) is 11.5. The predicted octanol–water partition coefficient (Wildman–Crippen LogP) is 7.35. The minimum absolute atomic E-state index is 0.00311. The lowest BCUT2D eigenvalue weighted by Gasteiger charge is -2.32. The van der Waals surface area contributed by atoms with Crippen LogP contribution in [0.4, 0.5) is 5.82 Å². The Bertz CT molecular complexity index is 1600. The molecule has 0 bridgehead atoms. The number of ether oxygens (including phenoxy) is 2. The molecule has 0 unspecified atom stereocenters. The van der Waals surface area contributed by atoms with E-state index in [-0.39, 0.29) is 24.5 Å². The lowest BCUT2D eigenvalue weighted by molar-refractivity contribution is 0.0689. The molecule has 3 heterocycles. The van der Waals surface area contributed by atoms with Gasteiger partial charge in [0.15, 0.2) is 11.5 Å². The number of benzene rings is 3. The van der Waals surface area contributed by atoms with Crippen molar-refractivity contribution in [3.63, 3.8) is 0 Å². The minimum atomic E-state index is -0.00311. The molecule has 2 N–H and O–H groups in total. The van der Waals surface area contributed by atoms with Crippen molar-refractivity contribution in [3.8, 4) is 28.4 Å². The fraction of sp³-hybridized carbons (Fsp3) is 0.405. The number of phenolic OH excluding ortho intramolecular Hbond substituents is 1. The molecule has 0 spiro atoms. The summed E-state index contributed by atoms with van der Waals surface area (Å²) in [5.74, 6) is 2.38. The van der Waals surface area contributed by atoms with Gasteiger partial charge in [0, 0.05) is 31.6 Å². The number of nitrogens with zero attached hydrogens (tertiary/aromatic N) is 3. The van der Waals surface area contributed by atoms with E-state index in [1.54, 1.807) is 6.07 Å². The van der Waals surface area contributed by atoms with Crippen molar-refractivity contribution in [2.75, 3.05) is 45.3 Å². The highest BCUT2D eigenvalue weighted by Crippen LogP contribution is 2.37. The summed E-state index contributed by atoms with van der Waals surface area (Å²) in [5, 5.41) is 14.4. The molecule has 8 nitrogen and oxygen atoms in total. The number of para-hydroxylation sites is 1. The molecule has 3 aromatic carbocycles. The van der Waals surface area contributed by atoms with Crippen LogP contribution in [0.3, 0.4) is 0 Å². The zero-order valence-electron chi connectivity index (χ0n) is 27.0. The average Bonchev–Trinajstić information content (AvgIpc) is 3.77. The van der Waals surface area contributed by atoms with Crippen molar-refractivity contribution in [2.45, 2.75) is 58.9 Å². The van der Waals surface area contributed by atoms with Crippen molar-refractivity contribution in [1.29, 1.82) is 0 Å². The number of hydrogen-bond acceptors (Lipinski definition) is 7. The van der Waals surface area contributed by atoms with Gasteiger partial charge in [-0.3, -0.25) is 4.79 Å². The molecule has 1 fully saturated rings. The van der Waals surface area contributed by atoms with Crippen molar-refractivity contribution in [3.05, 3.63) is 77.9 Å². The molecule has 4 aromatic rings. The number of pyridine rings is 1. The van der Waals surface area contributed by atoms with Crippen LogP contribution in [-0.2, 0) is 6.42 Å². The van der Waals surface area contributed by atoms with Crippen LogP contribution in [0.15, 0.2) is 66.7 Å². The second-order valence-corrected chi connectivity index (χ2v) is 11.5. The van der Waals surface area contributed by atoms with E-state index in [2.05, 4.69) is 23.2 Å². The summed E-state index contributed by atoms with van der Waals surface area (Å²) in [6.45, 7) is 10.1. The molecule has 238 valence electrons. The Labute approximate surface area is 267 Å². The average molecular weight is 611 g/mol. The number of phenols is 1. The summed E-state index contributed by atoms with van der Waals surface area (Å²) < 4.78 is 11.1. The van der Waals surface area contributed by atoms with E-state index in [9.17, 15) is 9.90 Å². The molecule has 2 aliphatic rings. The number of hydrogen-bond donors (Lipinski definition) is 2. The van der Waals surface area contributed by atoms with E-state index in [4.69, 9.17) is 14.5 Å². The Kier molecular flexibility index (Phi) is 10.8. The van der Waals surface area contributed by atoms with Gasteiger partial charge in [0.1, 0.15) is 11.6 Å². The lowest BCUT2D eigenvalue weighted by atomic mass is 9.99. The van der Waals surface area contributed by atoms with E-state index in [1.165, 1.54) is 12.8 Å². The van der Waals surface area contributed by atoms with E-state index in [0.29, 0.717) is 24.3 Å². The van der Waals surface area contributed by atoms with E-state index in [1.807, 2.05) is 80.4 Å². The summed E-state index contributed by atoms with van der Waals surface area (Å²) in [7, 11) is 1.94. The van der Waals surface area contributed by atoms with Gasteiger partial charge in [-0.05, 0) is 91.9 Å². The predicted molar refractivity (Wildman–Crippen MR) is 181 cm³/mol. The second kappa shape index (κ2) is 15.1. The standard InChI is InChI=1S/C35H40N4O4.C2H6/c1-3-8-27(22-39-17-6-7-18-39)38(2)35(41)29-21-34(36-16-15-24-9-4-5-10-31(24)40)37-30-13-11-25(19-28(29)30)26-12-14-32-33(20-26)43-23-42-32;1-2/h4-5,9-14,19-21,27,40H,3,6-8,15-18,22-23H2,1-2H3,(H,36,37);1-2H3/t27-;/m0./s1. The first-order chi connectivity index (χ1) is 22.0. The third-order valence-corrected chi connectivity index (χ3v) is 8.59. The molecule has 0 radical (unpaired) electrons. The summed E-state index contributed by atoms with van der Waals surface area (Å²) >= 11 is 0. The van der Waals surface area contributed by atoms with Crippen LogP contribution in [0.2, 0.25) is 0 Å². The summed E-state index contributed by atoms with van der Waals surface area (Å²) in [6.07, 6.45) is 5.05. The molecule has 2 aliphatic heterocycles. The molecule has 1 amide bonds. The lowest BCUT2D eigenvalue weighted by Crippen LogP contribution is -2.44. The first-order valence-electron chi connectivity index (χ1n) is 16.3. The number of nitrogens with one attached hydrogen (secondary N) is 1. The number of aromatic hydroxyl groups is 1. The number of likely N-dealkylation sites (tertiary alicyclic amines) is 1. The molecular weight excluding hydrogens is 564 g/mol. The number of rotatable bonds is 11. The van der Waals surface area contributed by atoms with Crippen LogP contribution in [-0.4, -0.2) is 71.9 Å². The maximum absolute atomic E-state index is 14.3. The topological polar surface area (TPSA) is 87.2 Å². The van der Waals surface area contributed by atoms with Crippen LogP contribution in [0.5, 0.6) is 17.2 Å². The number of amides is 1. The van der Waals surface area contributed by atoms with Crippen LogP contribution >= 0.6 is 0 Å². The van der Waals surface area contributed by atoms with Crippen molar-refractivity contribution in [1.82, 2.24) is 14.8 Å². The van der Waals surface area contributed by atoms with Crippen molar-refractivity contribution >= 4 is 22.6 Å². The minimum Gasteiger partial charge on any atom is -0.508 e. The number of anilines is 1. The smallest absolute Gasteiger partial charge is 0.254 e. The fourth-order valence-corrected chi connectivity index (χ4v) is 6.16. The molecule has 1 atom stereocenters. The number of aromatic nitrogens is 1. The van der Waals surface area contributed by atoms with Gasteiger partial charge in [-0.2, -0.15) is 0 Å². The van der Waals surface area contributed by atoms with Crippen molar-refractivity contribution in [2.24, 2.45) is 0 Å². The van der Waals surface area contributed by atoms with Gasteiger partial charge in [0.25, 0.3) is 5.91 Å². The molecule has 1 aromatic heterocycles. The van der Waals surface area contributed by atoms with E-state index >= 15 is 0 Å². The number of fused-ring (bicyclic) bond motifs is 2. The Balaban J connectivity index is 0.00000196. The third-order valence-electron chi connectivity index (χ3n) is 8.59. The first kappa shape index (κ1) is 32.1. The zero-order valence-corrected chi connectivity index (χ0v) is 27.0. The van der Waals surface area contributed by atoms with Crippen LogP contribution < -0.4 is 14.8 Å². The summed E-state index contributed by atoms with van der Waals surface area (Å²) in [6, 6.07) is 21.4. The highest BCUT2D eigenvalue weighted by molar-refractivity contribution is 6.08. The quantitative estimate of drug-likeness (QED) is 0.184. The highest BCUT2D eigenvalue weighted by atomic mass is 16.7. The molecule has 45 heavy (non-hydrogen) atoms. The zero-order chi connectivity index (χ0) is 31.8. The Morgan fingerprint density at radius 3 is 2.51 bits per heavy atom. The SMILES string of the molecule is CC.CCC[C@@H](CN1CCCC1)N(C)C(=O)c1cc(NCCc2ccccc2O)nc2ccc(-c3ccc4c(c3)OCO4)cc12. The fourth-order valence-electron chi connectivity index (χ4n) is 6.16. The number of likely N-dealkylation sites (N-methyl/N-ethyl adjacent to an activating group) is 1. The number of carbonyl (C=O) groups excluding carboxylic acids is 1. The van der Waals surface area contributed by atoms with Crippen LogP contribution in [0.25, 0.3) is 22.0 Å². The van der Waals surface area contributed by atoms with E-state index in [0.717, 1.165) is 71.6 Å². The molecule has 1 saturated heterocycles. The molecular formula is C37H46N4O4. The van der Waals surface area contributed by atoms with Crippen LogP contribution in [0.1, 0.15) is 62.4 Å². The maximum atomic E-state index is 14.3. The Morgan fingerprint density at radius 2 is 1.73 bits per heavy atom. The Morgan fingerprint density at radius 1 is 1.00 bits per heavy atom. The maximum Gasteiger partial charge on any atom is 0.254 e. The van der Waals surface area contributed by atoms with Gasteiger partial charge in [-0.25, -0.2) is 4.98 Å². The summed E-state index contributed by atoms with van der Waals surface area (Å²) in [4.78, 5) is 23.6. The third kappa shape index (κ3) is 7.51. The number of carbonyl (C=O) groups is 1. The van der Waals surface area contributed by atoms with Crippen molar-refractivity contribution < 1.29 is 19.4 Å². The molecule has 6 rings (SSSR count). The van der Waals surface area contributed by atoms with Gasteiger partial charge in [0.2, 0.25) is 6.79 Å². The van der Waals surface area contributed by atoms with Crippen LogP contribution in [0, 0.1) is 0 Å². The molecule has 0 saturated carbocycles. The van der Waals surface area contributed by atoms with Gasteiger partial charge < -0.3 is 29.7 Å². The Hall–Kier alpha value is -4.30. The first-order valence-corrected chi connectivity index (χ1v) is 16.3.